The van der Waals surface area contributed by atoms with Gasteiger partial charge in [0.1, 0.15) is 0 Å². The predicted octanol–water partition coefficient (Wildman–Crippen LogP) is 2.61. The fourth-order valence-corrected chi connectivity index (χ4v) is 3.21. The number of aromatic nitrogens is 2. The second-order valence-corrected chi connectivity index (χ2v) is 6.26. The Morgan fingerprint density at radius 2 is 2.05 bits per heavy atom. The molecule has 1 aliphatic carbocycles. The Morgan fingerprint density at radius 3 is 2.68 bits per heavy atom. The van der Waals surface area contributed by atoms with Crippen LogP contribution in [0, 0.1) is 12.8 Å². The van der Waals surface area contributed by atoms with E-state index in [0.29, 0.717) is 5.92 Å². The van der Waals surface area contributed by atoms with Crippen LogP contribution >= 0.6 is 15.9 Å². The van der Waals surface area contributed by atoms with Crippen molar-refractivity contribution in [3.8, 4) is 0 Å². The van der Waals surface area contributed by atoms with Crippen molar-refractivity contribution in [3.63, 3.8) is 0 Å². The summed E-state index contributed by atoms with van der Waals surface area (Å²) < 4.78 is 3.18. The number of aliphatic hydroxyl groups excluding tert-OH is 1. The third-order valence-electron chi connectivity index (χ3n) is 3.99. The summed E-state index contributed by atoms with van der Waals surface area (Å²) in [7, 11) is 0. The smallest absolute Gasteiger partial charge is 0.0739 e. The molecule has 0 bridgehead atoms. The number of aliphatic hydroxyl groups is 1. The zero-order valence-corrected chi connectivity index (χ0v) is 13.4. The molecule has 5 heteroatoms. The van der Waals surface area contributed by atoms with E-state index in [1.165, 1.54) is 5.69 Å². The molecule has 1 fully saturated rings. The maximum atomic E-state index is 9.50. The fraction of sp³-hybridized carbons (Fsp3) is 0.786. The van der Waals surface area contributed by atoms with Crippen molar-refractivity contribution in [1.29, 1.82) is 0 Å². The van der Waals surface area contributed by atoms with Crippen LogP contribution in [0.15, 0.2) is 4.47 Å². The number of hydrogen-bond acceptors (Lipinski definition) is 3. The lowest BCUT2D eigenvalue weighted by Crippen LogP contribution is -2.28. The van der Waals surface area contributed by atoms with Crippen LogP contribution < -0.4 is 5.32 Å². The molecule has 0 aliphatic heterocycles. The number of halogens is 1. The minimum atomic E-state index is -0.0606. The van der Waals surface area contributed by atoms with Crippen molar-refractivity contribution in [2.45, 2.75) is 58.7 Å². The Balaban J connectivity index is 1.82. The lowest BCUT2D eigenvalue weighted by Gasteiger charge is -2.25. The van der Waals surface area contributed by atoms with Gasteiger partial charge in [0.25, 0.3) is 0 Å². The number of nitrogens with one attached hydrogen (secondary N) is 1. The molecule has 1 aromatic rings. The average Bonchev–Trinajstić information content (AvgIpc) is 2.68. The van der Waals surface area contributed by atoms with Crippen LogP contribution in [-0.2, 0) is 13.1 Å². The molecule has 2 N–H and O–H groups in total. The first-order valence-corrected chi connectivity index (χ1v) is 8.01. The molecule has 0 saturated heterocycles. The predicted molar refractivity (Wildman–Crippen MR) is 80.0 cm³/mol. The minimum Gasteiger partial charge on any atom is -0.393 e. The van der Waals surface area contributed by atoms with Gasteiger partial charge in [0.2, 0.25) is 0 Å². The van der Waals surface area contributed by atoms with E-state index in [1.807, 2.05) is 6.92 Å². The van der Waals surface area contributed by atoms with Gasteiger partial charge in [0.15, 0.2) is 0 Å². The van der Waals surface area contributed by atoms with Gasteiger partial charge in [-0.1, -0.05) is 0 Å². The Labute approximate surface area is 123 Å². The molecular weight excluding hydrogens is 306 g/mol. The van der Waals surface area contributed by atoms with E-state index in [4.69, 9.17) is 0 Å². The lowest BCUT2D eigenvalue weighted by molar-refractivity contribution is 0.108. The summed E-state index contributed by atoms with van der Waals surface area (Å²) >= 11 is 3.62. The normalized spacial score (nSPS) is 23.8. The van der Waals surface area contributed by atoms with Crippen molar-refractivity contribution in [1.82, 2.24) is 15.1 Å². The molecule has 1 aliphatic rings. The summed E-state index contributed by atoms with van der Waals surface area (Å²) in [5.74, 6) is 0.710. The fourth-order valence-electron chi connectivity index (χ4n) is 2.78. The van der Waals surface area contributed by atoms with Gasteiger partial charge >= 0.3 is 0 Å². The molecule has 4 nitrogen and oxygen atoms in total. The van der Waals surface area contributed by atoms with Crippen LogP contribution in [0.4, 0.5) is 0 Å². The molecule has 108 valence electrons. The average molecular weight is 330 g/mol. The van der Waals surface area contributed by atoms with E-state index in [0.717, 1.165) is 55.5 Å². The Morgan fingerprint density at radius 1 is 1.37 bits per heavy atom. The van der Waals surface area contributed by atoms with E-state index in [1.54, 1.807) is 0 Å². The highest BCUT2D eigenvalue weighted by molar-refractivity contribution is 9.10. The molecular formula is C14H24BrN3O. The summed E-state index contributed by atoms with van der Waals surface area (Å²) in [6.07, 6.45) is 4.14. The Hall–Kier alpha value is -0.390. The van der Waals surface area contributed by atoms with Gasteiger partial charge < -0.3 is 10.4 Å². The standard InChI is InChI=1S/C14H24BrN3O/c1-3-18-13(14(15)10(2)17-18)9-16-8-11-4-6-12(19)7-5-11/h11-12,16,19H,3-9H2,1-2H3. The highest BCUT2D eigenvalue weighted by Gasteiger charge is 2.19. The number of hydrogen-bond donors (Lipinski definition) is 2. The minimum absolute atomic E-state index is 0.0606. The summed E-state index contributed by atoms with van der Waals surface area (Å²) in [6, 6.07) is 0. The van der Waals surface area contributed by atoms with Crippen molar-refractivity contribution in [2.24, 2.45) is 5.92 Å². The first-order valence-electron chi connectivity index (χ1n) is 7.22. The summed E-state index contributed by atoms with van der Waals surface area (Å²) in [4.78, 5) is 0. The molecule has 1 aromatic heterocycles. The third kappa shape index (κ3) is 3.80. The molecule has 0 amide bonds. The molecule has 1 saturated carbocycles. The van der Waals surface area contributed by atoms with Crippen molar-refractivity contribution < 1.29 is 5.11 Å². The van der Waals surface area contributed by atoms with E-state index in [2.05, 4.69) is 38.0 Å². The van der Waals surface area contributed by atoms with Gasteiger partial charge in [-0.15, -0.1) is 0 Å². The topological polar surface area (TPSA) is 50.1 Å². The van der Waals surface area contributed by atoms with Crippen LogP contribution in [0.3, 0.4) is 0 Å². The molecule has 0 aromatic carbocycles. The van der Waals surface area contributed by atoms with E-state index in [-0.39, 0.29) is 6.10 Å². The summed E-state index contributed by atoms with van der Waals surface area (Å²) in [5, 5.41) is 17.5. The highest BCUT2D eigenvalue weighted by atomic mass is 79.9. The maximum absolute atomic E-state index is 9.50. The number of rotatable bonds is 5. The van der Waals surface area contributed by atoms with Crippen LogP contribution in [0.25, 0.3) is 0 Å². The largest absolute Gasteiger partial charge is 0.393 e. The molecule has 2 rings (SSSR count). The van der Waals surface area contributed by atoms with Crippen molar-refractivity contribution in [2.75, 3.05) is 6.54 Å². The van der Waals surface area contributed by atoms with Gasteiger partial charge in [-0.3, -0.25) is 4.68 Å². The van der Waals surface area contributed by atoms with Gasteiger partial charge in [-0.05, 0) is 67.9 Å². The molecule has 0 spiro atoms. The molecule has 0 radical (unpaired) electrons. The molecule has 19 heavy (non-hydrogen) atoms. The van der Waals surface area contributed by atoms with E-state index in [9.17, 15) is 5.11 Å². The molecule has 0 unspecified atom stereocenters. The summed E-state index contributed by atoms with van der Waals surface area (Å²) in [6.45, 7) is 6.94. The summed E-state index contributed by atoms with van der Waals surface area (Å²) in [5.41, 5.74) is 2.29. The lowest BCUT2D eigenvalue weighted by atomic mass is 9.87. The van der Waals surface area contributed by atoms with Crippen LogP contribution in [-0.4, -0.2) is 27.5 Å². The quantitative estimate of drug-likeness (QED) is 0.873. The monoisotopic (exact) mass is 329 g/mol. The third-order valence-corrected chi connectivity index (χ3v) is 5.03. The molecule has 1 heterocycles. The van der Waals surface area contributed by atoms with Crippen molar-refractivity contribution in [3.05, 3.63) is 15.9 Å². The zero-order valence-electron chi connectivity index (χ0n) is 11.8. The highest BCUT2D eigenvalue weighted by Crippen LogP contribution is 2.24. The number of nitrogens with zero attached hydrogens (tertiary/aromatic N) is 2. The Kier molecular flexibility index (Phi) is 5.42. The second-order valence-electron chi connectivity index (χ2n) is 5.47. The van der Waals surface area contributed by atoms with Gasteiger partial charge in [0.05, 0.1) is 22.0 Å². The van der Waals surface area contributed by atoms with Gasteiger partial charge in [0, 0.05) is 13.1 Å². The maximum Gasteiger partial charge on any atom is 0.0739 e. The zero-order chi connectivity index (χ0) is 13.8. The second kappa shape index (κ2) is 6.86. The first-order chi connectivity index (χ1) is 9.11. The van der Waals surface area contributed by atoms with Crippen LogP contribution in [0.5, 0.6) is 0 Å². The van der Waals surface area contributed by atoms with E-state index < -0.39 is 0 Å². The Bertz CT molecular complexity index is 411. The number of aryl methyl sites for hydroxylation is 2. The van der Waals surface area contributed by atoms with Gasteiger partial charge in [-0.25, -0.2) is 0 Å². The SMILES string of the molecule is CCn1nc(C)c(Br)c1CNCC1CCC(O)CC1. The molecule has 0 atom stereocenters. The van der Waals surface area contributed by atoms with Gasteiger partial charge in [-0.2, -0.15) is 5.10 Å². The van der Waals surface area contributed by atoms with Crippen molar-refractivity contribution >= 4 is 15.9 Å². The van der Waals surface area contributed by atoms with Crippen LogP contribution in [0.1, 0.15) is 44.0 Å². The van der Waals surface area contributed by atoms with Crippen LogP contribution in [0.2, 0.25) is 0 Å². The van der Waals surface area contributed by atoms with E-state index >= 15 is 0 Å². The first kappa shape index (κ1) is 15.0.